The number of ketones is 1. The molecule has 0 spiro atoms. The van der Waals surface area contributed by atoms with Crippen LogP contribution >= 0.6 is 0 Å². The van der Waals surface area contributed by atoms with Crippen molar-refractivity contribution in [1.82, 2.24) is 10.5 Å². The Morgan fingerprint density at radius 1 is 1.28 bits per heavy atom. The van der Waals surface area contributed by atoms with E-state index < -0.39 is 5.91 Å². The molecular formula is C13H12N2O3. The van der Waals surface area contributed by atoms with Crippen LogP contribution in [-0.4, -0.2) is 23.4 Å². The molecule has 5 heteroatoms. The molecule has 18 heavy (non-hydrogen) atoms. The molecule has 0 saturated carbocycles. The second-order valence-electron chi connectivity index (χ2n) is 3.79. The van der Waals surface area contributed by atoms with Gasteiger partial charge in [0.1, 0.15) is 5.76 Å². The molecule has 2 aromatic rings. The van der Waals surface area contributed by atoms with Gasteiger partial charge in [0.2, 0.25) is 0 Å². The zero-order chi connectivity index (χ0) is 13.0. The van der Waals surface area contributed by atoms with Gasteiger partial charge in [-0.15, -0.1) is 0 Å². The van der Waals surface area contributed by atoms with Crippen molar-refractivity contribution >= 4 is 11.7 Å². The number of carbonyl (C=O) groups excluding carboxylic acids is 2. The van der Waals surface area contributed by atoms with Crippen molar-refractivity contribution in [2.45, 2.75) is 6.92 Å². The van der Waals surface area contributed by atoms with Crippen molar-refractivity contribution < 1.29 is 14.1 Å². The van der Waals surface area contributed by atoms with Gasteiger partial charge in [0.05, 0.1) is 6.54 Å². The van der Waals surface area contributed by atoms with Gasteiger partial charge in [-0.3, -0.25) is 9.59 Å². The van der Waals surface area contributed by atoms with Gasteiger partial charge in [-0.05, 0) is 6.92 Å². The van der Waals surface area contributed by atoms with Crippen LogP contribution in [0.3, 0.4) is 0 Å². The first kappa shape index (κ1) is 12.0. The lowest BCUT2D eigenvalue weighted by molar-refractivity contribution is 0.0898. The van der Waals surface area contributed by atoms with Crippen molar-refractivity contribution in [2.75, 3.05) is 6.54 Å². The molecule has 0 aliphatic carbocycles. The van der Waals surface area contributed by atoms with E-state index in [0.29, 0.717) is 11.3 Å². The van der Waals surface area contributed by atoms with E-state index in [1.54, 1.807) is 31.2 Å². The van der Waals surface area contributed by atoms with Crippen LogP contribution in [0.4, 0.5) is 0 Å². The van der Waals surface area contributed by atoms with Gasteiger partial charge in [0, 0.05) is 11.6 Å². The van der Waals surface area contributed by atoms with E-state index in [0.717, 1.165) is 0 Å². The van der Waals surface area contributed by atoms with E-state index >= 15 is 0 Å². The minimum atomic E-state index is -0.420. The van der Waals surface area contributed by atoms with Crippen molar-refractivity contribution in [2.24, 2.45) is 0 Å². The summed E-state index contributed by atoms with van der Waals surface area (Å²) in [6.45, 7) is 1.63. The predicted octanol–water partition coefficient (Wildman–Crippen LogP) is 1.60. The van der Waals surface area contributed by atoms with Crippen LogP contribution in [0.25, 0.3) is 0 Å². The Bertz CT molecular complexity index is 561. The average Bonchev–Trinajstić information content (AvgIpc) is 2.83. The number of Topliss-reactive ketones (excluding diaryl/α,β-unsaturated/α-hetero) is 1. The fourth-order valence-electron chi connectivity index (χ4n) is 1.45. The number of hydrogen-bond donors (Lipinski definition) is 1. The highest BCUT2D eigenvalue weighted by molar-refractivity contribution is 6.01. The minimum absolute atomic E-state index is 0.0608. The second kappa shape index (κ2) is 5.27. The van der Waals surface area contributed by atoms with Crippen LogP contribution in [0.15, 0.2) is 40.9 Å². The Labute approximate surface area is 104 Å². The molecule has 0 fully saturated rings. The molecule has 0 radical (unpaired) electrons. The molecule has 1 amide bonds. The number of aromatic nitrogens is 1. The normalized spacial score (nSPS) is 10.1. The molecule has 0 bridgehead atoms. The molecule has 2 rings (SSSR count). The first-order chi connectivity index (χ1) is 8.66. The monoisotopic (exact) mass is 244 g/mol. The molecule has 1 N–H and O–H groups in total. The van der Waals surface area contributed by atoms with Gasteiger partial charge in [0.25, 0.3) is 5.91 Å². The Kier molecular flexibility index (Phi) is 3.52. The molecular weight excluding hydrogens is 232 g/mol. The summed E-state index contributed by atoms with van der Waals surface area (Å²) in [4.78, 5) is 23.3. The number of amides is 1. The van der Waals surface area contributed by atoms with Gasteiger partial charge in [-0.2, -0.15) is 0 Å². The Hall–Kier alpha value is -2.43. The molecule has 1 heterocycles. The minimum Gasteiger partial charge on any atom is -0.361 e. The molecule has 0 aliphatic heterocycles. The van der Waals surface area contributed by atoms with E-state index in [9.17, 15) is 9.59 Å². The van der Waals surface area contributed by atoms with Gasteiger partial charge in [0.15, 0.2) is 11.5 Å². The summed E-state index contributed by atoms with van der Waals surface area (Å²) >= 11 is 0. The summed E-state index contributed by atoms with van der Waals surface area (Å²) in [5.74, 6) is -0.0187. The maximum Gasteiger partial charge on any atom is 0.273 e. The smallest absolute Gasteiger partial charge is 0.273 e. The Morgan fingerprint density at radius 2 is 2.00 bits per heavy atom. The van der Waals surface area contributed by atoms with E-state index in [1.165, 1.54) is 6.07 Å². The van der Waals surface area contributed by atoms with E-state index in [2.05, 4.69) is 10.5 Å². The lowest BCUT2D eigenvalue weighted by Crippen LogP contribution is -2.29. The highest BCUT2D eigenvalue weighted by Crippen LogP contribution is 2.02. The first-order valence-electron chi connectivity index (χ1n) is 5.46. The quantitative estimate of drug-likeness (QED) is 0.829. The van der Waals surface area contributed by atoms with Gasteiger partial charge in [-0.1, -0.05) is 35.5 Å². The van der Waals surface area contributed by atoms with Crippen LogP contribution in [0.2, 0.25) is 0 Å². The Morgan fingerprint density at radius 3 is 2.61 bits per heavy atom. The van der Waals surface area contributed by atoms with Gasteiger partial charge < -0.3 is 9.84 Å². The van der Waals surface area contributed by atoms with Crippen molar-refractivity contribution in [3.63, 3.8) is 0 Å². The summed E-state index contributed by atoms with van der Waals surface area (Å²) in [6, 6.07) is 10.3. The zero-order valence-electron chi connectivity index (χ0n) is 9.84. The van der Waals surface area contributed by atoms with Crippen molar-refractivity contribution in [1.29, 1.82) is 0 Å². The van der Waals surface area contributed by atoms with Crippen LogP contribution < -0.4 is 5.32 Å². The fourth-order valence-corrected chi connectivity index (χ4v) is 1.45. The average molecular weight is 244 g/mol. The van der Waals surface area contributed by atoms with E-state index in [4.69, 9.17) is 4.52 Å². The fraction of sp³-hybridized carbons (Fsp3) is 0.154. The number of benzene rings is 1. The SMILES string of the molecule is Cc1cc(C(=O)NCC(=O)c2ccccc2)no1. The summed E-state index contributed by atoms with van der Waals surface area (Å²) in [6.07, 6.45) is 0. The predicted molar refractivity (Wildman–Crippen MR) is 64.3 cm³/mol. The molecule has 1 aromatic heterocycles. The number of nitrogens with one attached hydrogen (secondary N) is 1. The lowest BCUT2D eigenvalue weighted by Gasteiger charge is -2.02. The van der Waals surface area contributed by atoms with E-state index in [-0.39, 0.29) is 18.0 Å². The van der Waals surface area contributed by atoms with Crippen LogP contribution in [0.5, 0.6) is 0 Å². The third kappa shape index (κ3) is 2.82. The molecule has 0 unspecified atom stereocenters. The number of hydrogen-bond acceptors (Lipinski definition) is 4. The molecule has 1 aromatic carbocycles. The van der Waals surface area contributed by atoms with Crippen molar-refractivity contribution in [3.05, 3.63) is 53.4 Å². The second-order valence-corrected chi connectivity index (χ2v) is 3.79. The van der Waals surface area contributed by atoms with Gasteiger partial charge >= 0.3 is 0 Å². The van der Waals surface area contributed by atoms with Crippen LogP contribution in [0, 0.1) is 6.92 Å². The maximum atomic E-state index is 11.7. The molecule has 92 valence electrons. The summed E-state index contributed by atoms with van der Waals surface area (Å²) in [5.41, 5.74) is 0.738. The zero-order valence-corrected chi connectivity index (χ0v) is 9.84. The highest BCUT2D eigenvalue weighted by Gasteiger charge is 2.12. The maximum absolute atomic E-state index is 11.7. The number of carbonyl (C=O) groups is 2. The standard InChI is InChI=1S/C13H12N2O3/c1-9-7-11(15-18-9)13(17)14-8-12(16)10-5-3-2-4-6-10/h2-7H,8H2,1H3,(H,14,17). The topological polar surface area (TPSA) is 72.2 Å². The van der Waals surface area contributed by atoms with Crippen molar-refractivity contribution in [3.8, 4) is 0 Å². The summed E-state index contributed by atoms with van der Waals surface area (Å²) in [7, 11) is 0. The molecule has 0 atom stereocenters. The summed E-state index contributed by atoms with van der Waals surface area (Å²) in [5, 5.41) is 6.07. The Balaban J connectivity index is 1.92. The van der Waals surface area contributed by atoms with Gasteiger partial charge in [-0.25, -0.2) is 0 Å². The third-order valence-corrected chi connectivity index (χ3v) is 2.37. The molecule has 0 aliphatic rings. The van der Waals surface area contributed by atoms with E-state index in [1.807, 2.05) is 6.07 Å². The lowest BCUT2D eigenvalue weighted by atomic mass is 10.1. The molecule has 0 saturated heterocycles. The summed E-state index contributed by atoms with van der Waals surface area (Å²) < 4.78 is 4.78. The largest absolute Gasteiger partial charge is 0.361 e. The molecule has 5 nitrogen and oxygen atoms in total. The number of rotatable bonds is 4. The van der Waals surface area contributed by atoms with Crippen LogP contribution in [0.1, 0.15) is 26.6 Å². The number of nitrogens with zero attached hydrogens (tertiary/aromatic N) is 1. The highest BCUT2D eigenvalue weighted by atomic mass is 16.5. The van der Waals surface area contributed by atoms with Crippen LogP contribution in [-0.2, 0) is 0 Å². The third-order valence-electron chi connectivity index (χ3n) is 2.37. The number of aryl methyl sites for hydroxylation is 1. The first-order valence-corrected chi connectivity index (χ1v) is 5.46.